The standard InChI is InChI=1S/C26H29F2N5O2S/c1-17-21(13-29-26(24(17)28)36(34,35)31-23-10-6-9-22(27)30-23)32(2)25-19-11-12-20(25)16-33(15-19)14-18-7-4-3-5-8-18/h3-10,13,19-20,25H,11-12,14-16H2,1-2H3,(H,30,31)/t19-,20+,25+. The largest absolute Gasteiger partial charge is 0.369 e. The highest BCUT2D eigenvalue weighted by Crippen LogP contribution is 2.42. The van der Waals surface area contributed by atoms with Gasteiger partial charge in [-0.3, -0.25) is 9.62 Å². The molecule has 2 bridgehead atoms. The van der Waals surface area contributed by atoms with Crippen molar-refractivity contribution < 1.29 is 17.2 Å². The van der Waals surface area contributed by atoms with E-state index in [1.54, 1.807) is 6.92 Å². The third kappa shape index (κ3) is 4.79. The second-order valence-electron chi connectivity index (χ2n) is 9.72. The number of nitrogens with zero attached hydrogens (tertiary/aromatic N) is 4. The van der Waals surface area contributed by atoms with Crippen molar-refractivity contribution in [1.82, 2.24) is 14.9 Å². The lowest BCUT2D eigenvalue weighted by atomic mass is 9.90. The quantitative estimate of drug-likeness (QED) is 0.477. The molecule has 3 heterocycles. The van der Waals surface area contributed by atoms with Crippen molar-refractivity contribution in [1.29, 1.82) is 0 Å². The highest BCUT2D eigenvalue weighted by atomic mass is 32.2. The van der Waals surface area contributed by atoms with Gasteiger partial charge in [0.15, 0.2) is 5.82 Å². The predicted molar refractivity (Wildman–Crippen MR) is 134 cm³/mol. The lowest BCUT2D eigenvalue weighted by Crippen LogP contribution is -2.51. The van der Waals surface area contributed by atoms with Crippen molar-refractivity contribution in [3.8, 4) is 0 Å². The Kier molecular flexibility index (Phi) is 6.65. The van der Waals surface area contributed by atoms with Gasteiger partial charge in [-0.25, -0.2) is 14.4 Å². The molecule has 0 amide bonds. The number of rotatable bonds is 7. The number of nitrogens with one attached hydrogen (secondary N) is 1. The van der Waals surface area contributed by atoms with Crippen LogP contribution in [-0.2, 0) is 16.6 Å². The molecule has 2 fully saturated rings. The molecule has 0 spiro atoms. The Morgan fingerprint density at radius 3 is 2.42 bits per heavy atom. The average Bonchev–Trinajstić information content (AvgIpc) is 3.10. The molecular formula is C26H29F2N5O2S. The van der Waals surface area contributed by atoms with E-state index >= 15 is 4.39 Å². The number of hydrogen-bond acceptors (Lipinski definition) is 6. The van der Waals surface area contributed by atoms with Crippen LogP contribution >= 0.6 is 0 Å². The molecule has 190 valence electrons. The van der Waals surface area contributed by atoms with E-state index in [9.17, 15) is 12.8 Å². The molecule has 7 nitrogen and oxygen atoms in total. The zero-order valence-corrected chi connectivity index (χ0v) is 21.0. The monoisotopic (exact) mass is 513 g/mol. The number of hydrogen-bond donors (Lipinski definition) is 1. The number of halogens is 2. The first-order chi connectivity index (χ1) is 17.2. The van der Waals surface area contributed by atoms with Crippen LogP contribution in [0.25, 0.3) is 0 Å². The molecule has 0 unspecified atom stereocenters. The maximum Gasteiger partial charge on any atom is 0.283 e. The maximum absolute atomic E-state index is 15.4. The Morgan fingerprint density at radius 1 is 1.06 bits per heavy atom. The average molecular weight is 514 g/mol. The van der Waals surface area contributed by atoms with Gasteiger partial charge in [-0.1, -0.05) is 36.4 Å². The number of piperidine rings is 1. The normalized spacial score (nSPS) is 21.9. The smallest absolute Gasteiger partial charge is 0.283 e. The van der Waals surface area contributed by atoms with E-state index in [-0.39, 0.29) is 17.4 Å². The van der Waals surface area contributed by atoms with Gasteiger partial charge in [0.1, 0.15) is 5.82 Å². The molecule has 10 heteroatoms. The lowest BCUT2D eigenvalue weighted by Gasteiger charge is -2.43. The van der Waals surface area contributed by atoms with Crippen LogP contribution < -0.4 is 9.62 Å². The first kappa shape index (κ1) is 24.6. The van der Waals surface area contributed by atoms with Crippen LogP contribution in [-0.4, -0.2) is 49.5 Å². The van der Waals surface area contributed by atoms with Crippen LogP contribution in [0.15, 0.2) is 59.8 Å². The second-order valence-corrected chi connectivity index (χ2v) is 11.3. The second kappa shape index (κ2) is 9.74. The van der Waals surface area contributed by atoms with Gasteiger partial charge in [0.25, 0.3) is 10.0 Å². The lowest BCUT2D eigenvalue weighted by molar-refractivity contribution is 0.138. The number of pyridine rings is 2. The first-order valence-corrected chi connectivity index (χ1v) is 13.5. The molecule has 1 N–H and O–H groups in total. The molecule has 1 aliphatic carbocycles. The van der Waals surface area contributed by atoms with Crippen LogP contribution in [0.4, 0.5) is 20.3 Å². The molecule has 3 aromatic rings. The maximum atomic E-state index is 15.4. The first-order valence-electron chi connectivity index (χ1n) is 12.0. The number of benzene rings is 1. The van der Waals surface area contributed by atoms with Gasteiger partial charge in [-0.05, 0) is 49.3 Å². The molecule has 1 aliphatic heterocycles. The van der Waals surface area contributed by atoms with Gasteiger partial charge in [-0.2, -0.15) is 12.8 Å². The van der Waals surface area contributed by atoms with Crippen molar-refractivity contribution in [2.45, 2.75) is 37.4 Å². The topological polar surface area (TPSA) is 78.4 Å². The molecule has 0 radical (unpaired) electrons. The van der Waals surface area contributed by atoms with Gasteiger partial charge in [-0.15, -0.1) is 0 Å². The van der Waals surface area contributed by atoms with Gasteiger partial charge in [0.2, 0.25) is 11.0 Å². The zero-order chi connectivity index (χ0) is 25.4. The summed E-state index contributed by atoms with van der Waals surface area (Å²) in [6.45, 7) is 4.41. The number of fused-ring (bicyclic) bond motifs is 2. The molecule has 1 saturated carbocycles. The van der Waals surface area contributed by atoms with Crippen molar-refractivity contribution >= 4 is 21.5 Å². The third-order valence-electron chi connectivity index (χ3n) is 7.35. The Balaban J connectivity index is 1.34. The summed E-state index contributed by atoms with van der Waals surface area (Å²) in [6.07, 6.45) is 3.63. The summed E-state index contributed by atoms with van der Waals surface area (Å²) in [5, 5.41) is -0.733. The van der Waals surface area contributed by atoms with Crippen LogP contribution in [0.3, 0.4) is 0 Å². The number of likely N-dealkylation sites (tertiary alicyclic amines) is 1. The molecule has 1 saturated heterocycles. The van der Waals surface area contributed by atoms with E-state index in [1.165, 1.54) is 23.9 Å². The Bertz CT molecular complexity index is 1340. The fourth-order valence-electron chi connectivity index (χ4n) is 5.79. The van der Waals surface area contributed by atoms with Crippen LogP contribution in [0.5, 0.6) is 0 Å². The Labute approximate surface area is 210 Å². The highest BCUT2D eigenvalue weighted by Gasteiger charge is 2.44. The van der Waals surface area contributed by atoms with Crippen molar-refractivity contribution in [2.75, 3.05) is 29.8 Å². The summed E-state index contributed by atoms with van der Waals surface area (Å²) in [7, 11) is -2.45. The summed E-state index contributed by atoms with van der Waals surface area (Å²) in [5.41, 5.74) is 2.09. The van der Waals surface area contributed by atoms with Crippen molar-refractivity contribution in [3.05, 3.63) is 77.6 Å². The molecule has 3 atom stereocenters. The summed E-state index contributed by atoms with van der Waals surface area (Å²) in [5.74, 6) is -1.14. The fourth-order valence-corrected chi connectivity index (χ4v) is 6.86. The minimum absolute atomic E-state index is 0.214. The minimum atomic E-state index is -4.39. The zero-order valence-electron chi connectivity index (χ0n) is 20.2. The van der Waals surface area contributed by atoms with Gasteiger partial charge < -0.3 is 4.90 Å². The van der Waals surface area contributed by atoms with Gasteiger partial charge >= 0.3 is 0 Å². The summed E-state index contributed by atoms with van der Waals surface area (Å²) in [4.78, 5) is 12.0. The molecule has 36 heavy (non-hydrogen) atoms. The molecule has 5 rings (SSSR count). The van der Waals surface area contributed by atoms with E-state index < -0.39 is 26.8 Å². The van der Waals surface area contributed by atoms with E-state index in [0.29, 0.717) is 17.5 Å². The van der Waals surface area contributed by atoms with Crippen LogP contribution in [0.1, 0.15) is 24.0 Å². The molecule has 2 aliphatic rings. The fraction of sp³-hybridized carbons (Fsp3) is 0.385. The minimum Gasteiger partial charge on any atom is -0.369 e. The summed E-state index contributed by atoms with van der Waals surface area (Å²) in [6, 6.07) is 14.3. The number of aromatic nitrogens is 2. The van der Waals surface area contributed by atoms with Crippen LogP contribution in [0.2, 0.25) is 0 Å². The van der Waals surface area contributed by atoms with Gasteiger partial charge in [0, 0.05) is 38.3 Å². The highest BCUT2D eigenvalue weighted by molar-refractivity contribution is 7.92. The Hall–Kier alpha value is -3.11. The predicted octanol–water partition coefficient (Wildman–Crippen LogP) is 4.21. The number of anilines is 2. The summed E-state index contributed by atoms with van der Waals surface area (Å²) < 4.78 is 56.4. The van der Waals surface area contributed by atoms with E-state index in [4.69, 9.17) is 0 Å². The third-order valence-corrected chi connectivity index (χ3v) is 8.62. The summed E-state index contributed by atoms with van der Waals surface area (Å²) >= 11 is 0. The van der Waals surface area contributed by atoms with E-state index in [0.717, 1.165) is 38.5 Å². The van der Waals surface area contributed by atoms with Crippen molar-refractivity contribution in [3.63, 3.8) is 0 Å². The molecule has 1 aromatic carbocycles. The Morgan fingerprint density at radius 2 is 1.75 bits per heavy atom. The SMILES string of the molecule is Cc1c(N(C)[C@H]2[C@@H]3CC[C@H]2CN(Cc2ccccc2)C3)cnc(S(=O)(=O)Nc2cccc(F)n2)c1F. The van der Waals surface area contributed by atoms with Gasteiger partial charge in [0.05, 0.1) is 11.9 Å². The van der Waals surface area contributed by atoms with E-state index in [1.807, 2.05) is 13.1 Å². The van der Waals surface area contributed by atoms with Crippen LogP contribution in [0, 0.1) is 30.5 Å². The van der Waals surface area contributed by atoms with E-state index in [2.05, 4.69) is 48.8 Å². The molecular weight excluding hydrogens is 484 g/mol. The van der Waals surface area contributed by atoms with Crippen molar-refractivity contribution in [2.24, 2.45) is 11.8 Å². The number of sulfonamides is 1. The molecule has 2 aromatic heterocycles.